The van der Waals surface area contributed by atoms with Gasteiger partial charge in [0.05, 0.1) is 44.3 Å². The van der Waals surface area contributed by atoms with Crippen LogP contribution in [-0.2, 0) is 23.7 Å². The molecular weight excluding hydrogens is 1290 g/mol. The molecule has 0 atom stereocenters. The van der Waals surface area contributed by atoms with E-state index in [-0.39, 0.29) is 24.3 Å². The molecule has 107 heavy (non-hydrogen) atoms. The van der Waals surface area contributed by atoms with Crippen molar-refractivity contribution in [3.63, 3.8) is 0 Å². The summed E-state index contributed by atoms with van der Waals surface area (Å²) in [5, 5.41) is 18.0. The zero-order valence-corrected chi connectivity index (χ0v) is 60.5. The highest BCUT2D eigenvalue weighted by Gasteiger charge is 2.47. The third-order valence-corrected chi connectivity index (χ3v) is 26.1. The zero-order chi connectivity index (χ0) is 70.5. The average Bonchev–Trinajstić information content (AvgIpc) is 1.55. The maximum absolute atomic E-state index is 5.72. The molecule has 25 rings (SSSR count). The molecule has 9 heterocycles. The Balaban J connectivity index is 0.736. The van der Waals surface area contributed by atoms with Crippen LogP contribution in [0.15, 0.2) is 267 Å². The molecule has 0 bridgehead atoms. The van der Waals surface area contributed by atoms with Gasteiger partial charge in [-0.2, -0.15) is 0 Å². The summed E-state index contributed by atoms with van der Waals surface area (Å²) < 4.78 is 10.7. The number of allylic oxidation sites excluding steroid dienone is 1. The fourth-order valence-corrected chi connectivity index (χ4v) is 21.5. The first-order valence-corrected chi connectivity index (χ1v) is 38.4. The van der Waals surface area contributed by atoms with Crippen LogP contribution in [0.4, 0.5) is 0 Å². The minimum absolute atomic E-state index is 0.0543. The quantitative estimate of drug-likeness (QED) is 0.121. The molecule has 0 N–H and O–H groups in total. The lowest BCUT2D eigenvalue weighted by molar-refractivity contribution is 0.523. The molecule has 15 aromatic carbocycles. The van der Waals surface area contributed by atoms with Crippen LogP contribution in [0.2, 0.25) is 0 Å². The second-order valence-electron chi connectivity index (χ2n) is 33.3. The molecule has 20 aromatic rings. The van der Waals surface area contributed by atoms with Crippen molar-refractivity contribution in [1.29, 1.82) is 0 Å². The largest absolute Gasteiger partial charge is 0.310 e. The summed E-state index contributed by atoms with van der Waals surface area (Å²) >= 11 is 0. The molecule has 5 aliphatic rings. The standard InChI is InChI=1S/C100H69B2N5/c1-55-23-21-38-71-72-41-44-81-91-94(72)107-97-78(103-98(107)84(55)71)48-62-32-16-20-37-70(62)89(97)102(91)77-53-66(52-74-73-51-65(99(2,3)4)40-43-79(73)104(81)93(74)77)100(5,6)54-56-24-22-33-63(45-56)85-75-46-60-30-15-19-36-69(60)88-95(75)106(92(85)59-28-11-8-12-29-59)83-50-64(57-25-9-7-10-26-57)49-82-90(83)101(88)76-47-61-31-14-18-35-68(61)87-86-67-34-17-13-27-58(67)39-42-80(86)105(82)96(76)87/h7-14,16-29,31-53H,15,30,54H2,1-6H3. The van der Waals surface area contributed by atoms with Crippen molar-refractivity contribution >= 4 is 177 Å². The van der Waals surface area contributed by atoms with Crippen molar-refractivity contribution < 1.29 is 0 Å². The Labute approximate surface area is 619 Å². The van der Waals surface area contributed by atoms with Gasteiger partial charge in [-0.15, -0.1) is 0 Å². The lowest BCUT2D eigenvalue weighted by Gasteiger charge is -2.36. The number of aryl methyl sites for hydroxylation is 2. The van der Waals surface area contributed by atoms with Crippen LogP contribution < -0.4 is 32.8 Å². The summed E-state index contributed by atoms with van der Waals surface area (Å²) in [7, 11) is 0. The summed E-state index contributed by atoms with van der Waals surface area (Å²) in [5.74, 6) is 0. The number of imidazole rings is 1. The molecule has 5 aromatic heterocycles. The smallest absolute Gasteiger partial charge is 0.253 e. The normalized spacial score (nSPS) is 14.0. The number of hydrogen-bond acceptors (Lipinski definition) is 1. The van der Waals surface area contributed by atoms with Crippen molar-refractivity contribution in [3.05, 3.63) is 300 Å². The molecule has 0 radical (unpaired) electrons. The molecule has 0 saturated carbocycles. The van der Waals surface area contributed by atoms with Crippen molar-refractivity contribution in [2.45, 2.75) is 71.6 Å². The Morgan fingerprint density at radius 3 is 1.89 bits per heavy atom. The average molecular weight is 1360 g/mol. The molecule has 0 spiro atoms. The van der Waals surface area contributed by atoms with E-state index in [1.165, 1.54) is 231 Å². The zero-order valence-electron chi connectivity index (χ0n) is 60.5. The van der Waals surface area contributed by atoms with E-state index in [4.69, 9.17) is 4.98 Å². The van der Waals surface area contributed by atoms with Gasteiger partial charge in [0, 0.05) is 65.8 Å². The van der Waals surface area contributed by atoms with Crippen molar-refractivity contribution in [3.8, 4) is 50.6 Å². The second kappa shape index (κ2) is 20.3. The SMILES string of the molecule is Cc1cccc2c3ccc4c5c3n3c(nc6cc7ccccc7c(c63)B5c3cc(C(C)(C)Cc5cccc(-c6c(-c7ccccc7)n7c8c(c9c(cc68)CCC=C9)B6c8c-7cc(-c7ccccc7)cc8-n7c8ccc9ccccc9c8c8c9ccccc9cc6c87)c5)cc5c6cc(C(C)(C)C)ccc6n-4c35)c12. The summed E-state index contributed by atoms with van der Waals surface area (Å²) in [6.07, 6.45) is 7.74. The van der Waals surface area contributed by atoms with Crippen LogP contribution in [0.1, 0.15) is 74.4 Å². The van der Waals surface area contributed by atoms with Crippen LogP contribution in [0.3, 0.4) is 0 Å². The Morgan fingerprint density at radius 2 is 1.07 bits per heavy atom. The summed E-state index contributed by atoms with van der Waals surface area (Å²) in [4.78, 5) is 5.72. The van der Waals surface area contributed by atoms with Crippen molar-refractivity contribution in [2.75, 3.05) is 0 Å². The Bertz CT molecular complexity index is 7620. The maximum atomic E-state index is 5.72. The van der Waals surface area contributed by atoms with Crippen LogP contribution in [-0.4, -0.2) is 36.5 Å². The van der Waals surface area contributed by atoms with E-state index in [2.05, 4.69) is 333 Å². The van der Waals surface area contributed by atoms with Gasteiger partial charge in [0.2, 0.25) is 0 Å². The van der Waals surface area contributed by atoms with Gasteiger partial charge < -0.3 is 13.7 Å². The minimum Gasteiger partial charge on any atom is -0.310 e. The van der Waals surface area contributed by atoms with E-state index in [9.17, 15) is 0 Å². The molecule has 0 amide bonds. The first-order chi connectivity index (χ1) is 52.4. The summed E-state index contributed by atoms with van der Waals surface area (Å²) in [6.45, 7) is 14.2. The Kier molecular flexibility index (Phi) is 11.2. The first-order valence-electron chi connectivity index (χ1n) is 38.4. The lowest BCUT2D eigenvalue weighted by atomic mass is 9.33. The topological polar surface area (TPSA) is 32.1 Å². The molecule has 0 unspecified atom stereocenters. The van der Waals surface area contributed by atoms with Gasteiger partial charge in [0.1, 0.15) is 5.65 Å². The van der Waals surface area contributed by atoms with Crippen molar-refractivity contribution in [2.24, 2.45) is 0 Å². The van der Waals surface area contributed by atoms with Crippen LogP contribution >= 0.6 is 0 Å². The van der Waals surface area contributed by atoms with Gasteiger partial charge in [0.15, 0.2) is 0 Å². The second-order valence-corrected chi connectivity index (χ2v) is 33.3. The van der Waals surface area contributed by atoms with Gasteiger partial charge >= 0.3 is 0 Å². The predicted octanol–water partition coefficient (Wildman–Crippen LogP) is 20.8. The van der Waals surface area contributed by atoms with Gasteiger partial charge in [-0.25, -0.2) is 4.98 Å². The van der Waals surface area contributed by atoms with E-state index >= 15 is 0 Å². The third kappa shape index (κ3) is 7.49. The third-order valence-electron chi connectivity index (χ3n) is 26.1. The van der Waals surface area contributed by atoms with E-state index in [0.29, 0.717) is 0 Å². The molecule has 5 nitrogen and oxygen atoms in total. The monoisotopic (exact) mass is 1360 g/mol. The lowest BCUT2D eigenvalue weighted by Crippen LogP contribution is -2.60. The first kappa shape index (κ1) is 58.9. The molecule has 0 saturated heterocycles. The number of nitrogens with zero attached hydrogens (tertiary/aromatic N) is 5. The Hall–Kier alpha value is -12.4. The highest BCUT2D eigenvalue weighted by atomic mass is 15.1. The van der Waals surface area contributed by atoms with Gasteiger partial charge in [-0.1, -0.05) is 253 Å². The van der Waals surface area contributed by atoms with E-state index in [1.54, 1.807) is 0 Å². The Morgan fingerprint density at radius 1 is 0.402 bits per heavy atom. The molecule has 1 aliphatic carbocycles. The highest BCUT2D eigenvalue weighted by Crippen LogP contribution is 2.51. The molecular formula is C100H69B2N5. The number of hydrogen-bond donors (Lipinski definition) is 0. The van der Waals surface area contributed by atoms with Gasteiger partial charge in [0.25, 0.3) is 13.4 Å². The summed E-state index contributed by atoms with van der Waals surface area (Å²) in [5.41, 5.74) is 38.1. The van der Waals surface area contributed by atoms with Gasteiger partial charge in [-0.05, 0) is 218 Å². The van der Waals surface area contributed by atoms with Crippen molar-refractivity contribution in [1.82, 2.24) is 23.1 Å². The maximum Gasteiger partial charge on any atom is 0.253 e. The number of fused-ring (bicyclic) bond motifs is 24. The molecule has 500 valence electrons. The minimum atomic E-state index is -0.342. The molecule has 4 aliphatic heterocycles. The van der Waals surface area contributed by atoms with Crippen LogP contribution in [0.25, 0.3) is 182 Å². The van der Waals surface area contributed by atoms with E-state index in [1.807, 2.05) is 0 Å². The fourth-order valence-electron chi connectivity index (χ4n) is 21.5. The summed E-state index contributed by atoms with van der Waals surface area (Å²) in [6, 6.07) is 101. The predicted molar refractivity (Wildman–Crippen MR) is 455 cm³/mol. The number of pyridine rings is 1. The van der Waals surface area contributed by atoms with Crippen LogP contribution in [0.5, 0.6) is 0 Å². The van der Waals surface area contributed by atoms with Crippen LogP contribution in [0, 0.1) is 6.92 Å². The van der Waals surface area contributed by atoms with Gasteiger partial charge in [-0.3, -0.25) is 4.40 Å². The highest BCUT2D eigenvalue weighted by molar-refractivity contribution is 7.02. The number of rotatable bonds is 6. The fraction of sp³-hybridized carbons (Fsp3) is 0.110. The van der Waals surface area contributed by atoms with E-state index < -0.39 is 0 Å². The number of aromatic nitrogens is 5. The van der Waals surface area contributed by atoms with E-state index in [0.717, 1.165) is 30.4 Å². The number of benzene rings is 15. The molecule has 7 heteroatoms. The molecule has 0 fully saturated rings.